The summed E-state index contributed by atoms with van der Waals surface area (Å²) in [4.78, 5) is 6.98. The van der Waals surface area contributed by atoms with E-state index in [4.69, 9.17) is 16.3 Å². The zero-order valence-electron chi connectivity index (χ0n) is 13.8. The Kier molecular flexibility index (Phi) is 5.05. The lowest BCUT2D eigenvalue weighted by Gasteiger charge is -2.31. The quantitative estimate of drug-likeness (QED) is 0.811. The van der Waals surface area contributed by atoms with Crippen LogP contribution in [0.25, 0.3) is 0 Å². The van der Waals surface area contributed by atoms with Crippen LogP contribution in [0.4, 0.5) is 0 Å². The van der Waals surface area contributed by atoms with Crippen LogP contribution in [0, 0.1) is 0 Å². The van der Waals surface area contributed by atoms with Crippen LogP contribution in [-0.4, -0.2) is 40.7 Å². The van der Waals surface area contributed by atoms with Crippen LogP contribution >= 0.6 is 11.6 Å². The molecule has 5 heteroatoms. The van der Waals surface area contributed by atoms with Gasteiger partial charge >= 0.3 is 0 Å². The molecule has 23 heavy (non-hydrogen) atoms. The fraction of sp³-hybridized carbons (Fsp3) is 0.500. The van der Waals surface area contributed by atoms with Gasteiger partial charge in [0.2, 0.25) is 0 Å². The number of benzene rings is 1. The number of aromatic nitrogens is 2. The highest BCUT2D eigenvalue weighted by Gasteiger charge is 2.34. The molecule has 2 heterocycles. The molecule has 1 atom stereocenters. The molecule has 3 rings (SSSR count). The second kappa shape index (κ2) is 7.04. The Morgan fingerprint density at radius 1 is 1.30 bits per heavy atom. The second-order valence-corrected chi connectivity index (χ2v) is 6.74. The molecule has 0 saturated carbocycles. The molecule has 2 aromatic rings. The molecule has 4 nitrogen and oxygen atoms in total. The molecule has 1 saturated heterocycles. The zero-order valence-corrected chi connectivity index (χ0v) is 14.6. The number of hydrogen-bond donors (Lipinski definition) is 0. The topological polar surface area (TPSA) is 30.3 Å². The van der Waals surface area contributed by atoms with E-state index in [0.717, 1.165) is 17.9 Å². The largest absolute Gasteiger partial charge is 0.361 e. The van der Waals surface area contributed by atoms with Crippen LogP contribution in [0.1, 0.15) is 31.2 Å². The third-order valence-corrected chi connectivity index (χ3v) is 4.86. The van der Waals surface area contributed by atoms with Crippen molar-refractivity contribution < 1.29 is 4.74 Å². The van der Waals surface area contributed by atoms with E-state index in [1.54, 1.807) is 0 Å². The lowest BCUT2D eigenvalue weighted by molar-refractivity contribution is -0.0200. The summed E-state index contributed by atoms with van der Waals surface area (Å²) in [7, 11) is 2.00. The molecule has 0 radical (unpaired) electrons. The summed E-state index contributed by atoms with van der Waals surface area (Å²) in [5, 5.41) is 0.714. The minimum atomic E-state index is -0.608. The number of hydrogen-bond acceptors (Lipinski definition) is 3. The summed E-state index contributed by atoms with van der Waals surface area (Å²) in [5.41, 5.74) is 0.420. The van der Waals surface area contributed by atoms with E-state index in [-0.39, 0.29) is 0 Å². The fourth-order valence-electron chi connectivity index (χ4n) is 3.27. The van der Waals surface area contributed by atoms with E-state index in [1.165, 1.54) is 25.9 Å². The number of halogens is 1. The highest BCUT2D eigenvalue weighted by molar-refractivity contribution is 6.30. The number of nitrogens with zero attached hydrogens (tertiary/aromatic N) is 3. The van der Waals surface area contributed by atoms with E-state index < -0.39 is 5.60 Å². The molecular formula is C18H24ClN3O. The maximum absolute atomic E-state index is 6.37. The molecule has 1 unspecified atom stereocenters. The van der Waals surface area contributed by atoms with Crippen molar-refractivity contribution in [2.24, 2.45) is 7.05 Å². The summed E-state index contributed by atoms with van der Waals surface area (Å²) in [6, 6.07) is 7.86. The average molecular weight is 334 g/mol. The van der Waals surface area contributed by atoms with Crippen molar-refractivity contribution >= 4 is 11.6 Å². The standard InChI is InChI=1S/C18H24ClN3O/c1-18(17-20-8-11-21(17)2,15-6-5-7-16(19)14-15)23-13-12-22-9-3-4-10-22/h5-8,11,14H,3-4,9-10,12-13H2,1-2H3. The van der Waals surface area contributed by atoms with E-state index >= 15 is 0 Å². The Hall–Kier alpha value is -1.36. The van der Waals surface area contributed by atoms with Crippen molar-refractivity contribution in [2.75, 3.05) is 26.2 Å². The first-order valence-electron chi connectivity index (χ1n) is 8.20. The highest BCUT2D eigenvalue weighted by atomic mass is 35.5. The molecule has 124 valence electrons. The zero-order chi connectivity index (χ0) is 16.3. The molecule has 1 aromatic carbocycles. The predicted molar refractivity (Wildman–Crippen MR) is 92.7 cm³/mol. The first-order valence-corrected chi connectivity index (χ1v) is 8.57. The van der Waals surface area contributed by atoms with Crippen molar-refractivity contribution in [3.8, 4) is 0 Å². The van der Waals surface area contributed by atoms with Gasteiger partial charge in [0.05, 0.1) is 6.61 Å². The van der Waals surface area contributed by atoms with Crippen LogP contribution < -0.4 is 0 Å². The van der Waals surface area contributed by atoms with Gasteiger partial charge in [-0.3, -0.25) is 0 Å². The van der Waals surface area contributed by atoms with Gasteiger partial charge in [-0.2, -0.15) is 0 Å². The van der Waals surface area contributed by atoms with E-state index in [1.807, 2.05) is 42.2 Å². The minimum absolute atomic E-state index is 0.608. The molecule has 1 aromatic heterocycles. The smallest absolute Gasteiger partial charge is 0.148 e. The van der Waals surface area contributed by atoms with Crippen LogP contribution in [0.3, 0.4) is 0 Å². The molecular weight excluding hydrogens is 310 g/mol. The van der Waals surface area contributed by atoms with Gasteiger partial charge in [0.15, 0.2) is 0 Å². The number of rotatable bonds is 6. The molecule has 1 aliphatic heterocycles. The maximum Gasteiger partial charge on any atom is 0.148 e. The van der Waals surface area contributed by atoms with Crippen molar-refractivity contribution in [3.63, 3.8) is 0 Å². The maximum atomic E-state index is 6.37. The molecule has 0 bridgehead atoms. The predicted octanol–water partition coefficient (Wildman–Crippen LogP) is 3.45. The number of ether oxygens (including phenoxy) is 1. The van der Waals surface area contributed by atoms with Gasteiger partial charge in [0, 0.05) is 31.0 Å². The Morgan fingerprint density at radius 2 is 2.09 bits per heavy atom. The van der Waals surface area contributed by atoms with Crippen LogP contribution in [-0.2, 0) is 17.4 Å². The molecule has 0 aliphatic carbocycles. The van der Waals surface area contributed by atoms with Crippen LogP contribution in [0.2, 0.25) is 5.02 Å². The monoisotopic (exact) mass is 333 g/mol. The molecule has 0 N–H and O–H groups in total. The molecule has 0 amide bonds. The summed E-state index contributed by atoms with van der Waals surface area (Å²) in [6.07, 6.45) is 6.35. The van der Waals surface area contributed by atoms with Gasteiger partial charge in [-0.25, -0.2) is 4.98 Å². The summed E-state index contributed by atoms with van der Waals surface area (Å²) in [6.45, 7) is 6.07. The third kappa shape index (κ3) is 3.60. The number of aryl methyl sites for hydroxylation is 1. The molecule has 1 aliphatic rings. The van der Waals surface area contributed by atoms with Gasteiger partial charge in [0.25, 0.3) is 0 Å². The normalized spacial score (nSPS) is 18.2. The van der Waals surface area contributed by atoms with Crippen molar-refractivity contribution in [3.05, 3.63) is 53.1 Å². The van der Waals surface area contributed by atoms with Gasteiger partial charge in [-0.05, 0) is 50.6 Å². The van der Waals surface area contributed by atoms with Crippen molar-refractivity contribution in [1.82, 2.24) is 14.5 Å². The Balaban J connectivity index is 1.82. The van der Waals surface area contributed by atoms with Gasteiger partial charge in [-0.1, -0.05) is 23.7 Å². The van der Waals surface area contributed by atoms with Crippen molar-refractivity contribution in [2.45, 2.75) is 25.4 Å². The van der Waals surface area contributed by atoms with E-state index in [9.17, 15) is 0 Å². The number of imidazole rings is 1. The Bertz CT molecular complexity index is 651. The highest BCUT2D eigenvalue weighted by Crippen LogP contribution is 2.33. The summed E-state index contributed by atoms with van der Waals surface area (Å²) < 4.78 is 8.38. The SMILES string of the molecule is Cn1ccnc1C(C)(OCCN1CCCC1)c1cccc(Cl)c1. The lowest BCUT2D eigenvalue weighted by Crippen LogP contribution is -2.34. The van der Waals surface area contributed by atoms with Gasteiger partial charge in [-0.15, -0.1) is 0 Å². The van der Waals surface area contributed by atoms with E-state index in [2.05, 4.69) is 22.9 Å². The Morgan fingerprint density at radius 3 is 2.74 bits per heavy atom. The molecule has 1 fully saturated rings. The third-order valence-electron chi connectivity index (χ3n) is 4.62. The van der Waals surface area contributed by atoms with Gasteiger partial charge < -0.3 is 14.2 Å². The fourth-order valence-corrected chi connectivity index (χ4v) is 3.46. The van der Waals surface area contributed by atoms with Crippen LogP contribution in [0.5, 0.6) is 0 Å². The second-order valence-electron chi connectivity index (χ2n) is 6.30. The van der Waals surface area contributed by atoms with Gasteiger partial charge in [0.1, 0.15) is 11.4 Å². The first-order chi connectivity index (χ1) is 11.1. The number of likely N-dealkylation sites (tertiary alicyclic amines) is 1. The first kappa shape index (κ1) is 16.5. The Labute approximate surface area is 143 Å². The summed E-state index contributed by atoms with van der Waals surface area (Å²) in [5.74, 6) is 0.890. The molecule has 0 spiro atoms. The lowest BCUT2D eigenvalue weighted by atomic mass is 9.94. The van der Waals surface area contributed by atoms with Crippen molar-refractivity contribution in [1.29, 1.82) is 0 Å². The minimum Gasteiger partial charge on any atom is -0.361 e. The van der Waals surface area contributed by atoms with Crippen LogP contribution in [0.15, 0.2) is 36.7 Å². The summed E-state index contributed by atoms with van der Waals surface area (Å²) >= 11 is 6.20. The van der Waals surface area contributed by atoms with E-state index in [0.29, 0.717) is 11.6 Å². The average Bonchev–Trinajstić information content (AvgIpc) is 3.19.